The van der Waals surface area contributed by atoms with Crippen LogP contribution in [0.15, 0.2) is 0 Å². The fraction of sp³-hybridized carbons (Fsp3) is 1.00. The molecule has 4 unspecified atom stereocenters. The van der Waals surface area contributed by atoms with Crippen LogP contribution in [0.1, 0.15) is 41.0 Å². The molecule has 0 aliphatic heterocycles. The average molecular weight is 154 g/mol. The summed E-state index contributed by atoms with van der Waals surface area (Å²) in [7, 11) is 0. The maximum Gasteiger partial charge on any atom is -0.0360 e. The van der Waals surface area contributed by atoms with E-state index in [0.717, 1.165) is 29.6 Å². The normalized spacial score (nSPS) is 51.5. The van der Waals surface area contributed by atoms with Gasteiger partial charge in [0.15, 0.2) is 0 Å². The molecule has 0 saturated heterocycles. The van der Waals surface area contributed by atoms with E-state index in [1.807, 2.05) is 0 Å². The van der Waals surface area contributed by atoms with E-state index in [1.165, 1.54) is 6.42 Å². The van der Waals surface area contributed by atoms with Gasteiger partial charge in [-0.05, 0) is 29.6 Å². The quantitative estimate of drug-likeness (QED) is 0.541. The van der Waals surface area contributed by atoms with Gasteiger partial charge in [0.25, 0.3) is 0 Å². The molecule has 0 bridgehead atoms. The molecule has 0 radical (unpaired) electrons. The number of hydrogen-bond acceptors (Lipinski definition) is 0. The molecule has 0 heteroatoms. The van der Waals surface area contributed by atoms with E-state index >= 15 is 0 Å². The SMILES string of the molecule is CCC1C(C)C(C)C(C)C1C. The third kappa shape index (κ3) is 1.32. The Labute approximate surface area is 71.4 Å². The van der Waals surface area contributed by atoms with E-state index in [9.17, 15) is 0 Å². The third-order valence-corrected chi connectivity index (χ3v) is 4.31. The van der Waals surface area contributed by atoms with Crippen LogP contribution in [0.5, 0.6) is 0 Å². The highest BCUT2D eigenvalue weighted by atomic mass is 14.4. The van der Waals surface area contributed by atoms with E-state index in [4.69, 9.17) is 0 Å². The van der Waals surface area contributed by atoms with Gasteiger partial charge >= 0.3 is 0 Å². The number of hydrogen-bond donors (Lipinski definition) is 0. The Bertz CT molecular complexity index is 114. The Balaban J connectivity index is 2.69. The minimum atomic E-state index is 0.940. The van der Waals surface area contributed by atoms with Crippen LogP contribution in [-0.4, -0.2) is 0 Å². The Morgan fingerprint density at radius 2 is 1.09 bits per heavy atom. The molecule has 4 atom stereocenters. The summed E-state index contributed by atoms with van der Waals surface area (Å²) in [6, 6.07) is 0. The maximum atomic E-state index is 2.43. The highest BCUT2D eigenvalue weighted by molar-refractivity contribution is 4.88. The number of rotatable bonds is 1. The minimum Gasteiger partial charge on any atom is -0.0651 e. The van der Waals surface area contributed by atoms with Gasteiger partial charge in [-0.2, -0.15) is 0 Å². The van der Waals surface area contributed by atoms with E-state index in [0.29, 0.717) is 0 Å². The standard InChI is InChI=1S/C11H22/c1-6-11-9(4)7(2)8(3)10(11)5/h7-11H,6H2,1-5H3. The first kappa shape index (κ1) is 9.09. The van der Waals surface area contributed by atoms with Crippen LogP contribution in [0.2, 0.25) is 0 Å². The van der Waals surface area contributed by atoms with Crippen molar-refractivity contribution in [2.75, 3.05) is 0 Å². The molecule has 0 aromatic carbocycles. The highest BCUT2D eigenvalue weighted by Crippen LogP contribution is 2.46. The van der Waals surface area contributed by atoms with Gasteiger partial charge in [0.1, 0.15) is 0 Å². The van der Waals surface area contributed by atoms with Gasteiger partial charge in [-0.3, -0.25) is 0 Å². The summed E-state index contributed by atoms with van der Waals surface area (Å²) < 4.78 is 0. The Hall–Kier alpha value is 0. The summed E-state index contributed by atoms with van der Waals surface area (Å²) in [6.45, 7) is 12.0. The van der Waals surface area contributed by atoms with Crippen LogP contribution in [0.25, 0.3) is 0 Å². The fourth-order valence-electron chi connectivity index (χ4n) is 2.96. The molecule has 1 aliphatic carbocycles. The molecule has 1 aliphatic rings. The second-order valence-corrected chi connectivity index (χ2v) is 4.51. The summed E-state index contributed by atoms with van der Waals surface area (Å²) >= 11 is 0. The molecular weight excluding hydrogens is 132 g/mol. The fourth-order valence-corrected chi connectivity index (χ4v) is 2.96. The van der Waals surface area contributed by atoms with Gasteiger partial charge in [0.05, 0.1) is 0 Å². The first-order valence-corrected chi connectivity index (χ1v) is 5.09. The first-order valence-electron chi connectivity index (χ1n) is 5.09. The second-order valence-electron chi connectivity index (χ2n) is 4.51. The molecule has 66 valence electrons. The summed E-state index contributed by atoms with van der Waals surface area (Å²) in [5.41, 5.74) is 0. The zero-order chi connectivity index (χ0) is 8.59. The zero-order valence-electron chi connectivity index (χ0n) is 8.59. The lowest BCUT2D eigenvalue weighted by atomic mass is 9.87. The van der Waals surface area contributed by atoms with Crippen LogP contribution in [0.4, 0.5) is 0 Å². The topological polar surface area (TPSA) is 0 Å². The molecule has 1 saturated carbocycles. The first-order chi connectivity index (χ1) is 5.09. The van der Waals surface area contributed by atoms with E-state index in [-0.39, 0.29) is 0 Å². The Morgan fingerprint density at radius 1 is 0.727 bits per heavy atom. The summed E-state index contributed by atoms with van der Waals surface area (Å²) in [6.07, 6.45) is 1.37. The van der Waals surface area contributed by atoms with Crippen molar-refractivity contribution >= 4 is 0 Å². The molecule has 0 aromatic heterocycles. The van der Waals surface area contributed by atoms with Crippen molar-refractivity contribution in [2.24, 2.45) is 29.6 Å². The van der Waals surface area contributed by atoms with E-state index < -0.39 is 0 Å². The summed E-state index contributed by atoms with van der Waals surface area (Å²) in [4.78, 5) is 0. The molecule has 0 N–H and O–H groups in total. The Morgan fingerprint density at radius 3 is 1.27 bits per heavy atom. The molecule has 0 nitrogen and oxygen atoms in total. The lowest BCUT2D eigenvalue weighted by Crippen LogP contribution is -2.11. The summed E-state index contributed by atoms with van der Waals surface area (Å²) in [5.74, 6) is 4.76. The predicted molar refractivity (Wildman–Crippen MR) is 50.4 cm³/mol. The molecule has 1 fully saturated rings. The van der Waals surface area contributed by atoms with Gasteiger partial charge in [-0.1, -0.05) is 41.0 Å². The zero-order valence-corrected chi connectivity index (χ0v) is 8.59. The van der Waals surface area contributed by atoms with Gasteiger partial charge in [-0.15, -0.1) is 0 Å². The average Bonchev–Trinajstić information content (AvgIpc) is 2.17. The predicted octanol–water partition coefficient (Wildman–Crippen LogP) is 3.57. The molecule has 11 heavy (non-hydrogen) atoms. The molecule has 0 spiro atoms. The van der Waals surface area contributed by atoms with Crippen molar-refractivity contribution in [1.82, 2.24) is 0 Å². The molecule has 0 amide bonds. The molecular formula is C11H22. The smallest absolute Gasteiger partial charge is 0.0360 e. The van der Waals surface area contributed by atoms with Gasteiger partial charge < -0.3 is 0 Å². The van der Waals surface area contributed by atoms with Gasteiger partial charge in [-0.25, -0.2) is 0 Å². The maximum absolute atomic E-state index is 2.43. The highest BCUT2D eigenvalue weighted by Gasteiger charge is 2.39. The van der Waals surface area contributed by atoms with Gasteiger partial charge in [0.2, 0.25) is 0 Å². The van der Waals surface area contributed by atoms with Crippen molar-refractivity contribution in [3.8, 4) is 0 Å². The molecule has 0 aromatic rings. The van der Waals surface area contributed by atoms with Crippen molar-refractivity contribution in [1.29, 1.82) is 0 Å². The van der Waals surface area contributed by atoms with Crippen LogP contribution < -0.4 is 0 Å². The summed E-state index contributed by atoms with van der Waals surface area (Å²) in [5, 5.41) is 0. The van der Waals surface area contributed by atoms with Crippen molar-refractivity contribution < 1.29 is 0 Å². The molecule has 1 rings (SSSR count). The lowest BCUT2D eigenvalue weighted by molar-refractivity contribution is 0.311. The van der Waals surface area contributed by atoms with Crippen molar-refractivity contribution in [2.45, 2.75) is 41.0 Å². The minimum absolute atomic E-state index is 0.940. The second kappa shape index (κ2) is 3.16. The molecule has 0 heterocycles. The monoisotopic (exact) mass is 154 g/mol. The Kier molecular flexibility index (Phi) is 2.61. The van der Waals surface area contributed by atoms with Crippen LogP contribution >= 0.6 is 0 Å². The van der Waals surface area contributed by atoms with Crippen LogP contribution in [0.3, 0.4) is 0 Å². The van der Waals surface area contributed by atoms with Crippen molar-refractivity contribution in [3.63, 3.8) is 0 Å². The lowest BCUT2D eigenvalue weighted by Gasteiger charge is -2.18. The largest absolute Gasteiger partial charge is 0.0651 e. The van der Waals surface area contributed by atoms with Crippen molar-refractivity contribution in [3.05, 3.63) is 0 Å². The van der Waals surface area contributed by atoms with Crippen LogP contribution in [0, 0.1) is 29.6 Å². The third-order valence-electron chi connectivity index (χ3n) is 4.31. The van der Waals surface area contributed by atoms with E-state index in [2.05, 4.69) is 34.6 Å². The van der Waals surface area contributed by atoms with Gasteiger partial charge in [0, 0.05) is 0 Å². The van der Waals surface area contributed by atoms with Crippen LogP contribution in [-0.2, 0) is 0 Å². The van der Waals surface area contributed by atoms with E-state index in [1.54, 1.807) is 0 Å².